The number of phenolic OH excluding ortho intramolecular Hbond substituents is 1. The summed E-state index contributed by atoms with van der Waals surface area (Å²) in [6.45, 7) is 2.16. The van der Waals surface area contributed by atoms with E-state index in [1.165, 1.54) is 6.08 Å². The molecule has 1 aromatic carbocycles. The van der Waals surface area contributed by atoms with E-state index in [-0.39, 0.29) is 11.5 Å². The topological polar surface area (TPSA) is 59.7 Å². The second kappa shape index (κ2) is 6.74. The first-order valence-electron chi connectivity index (χ1n) is 6.30. The highest BCUT2D eigenvalue weighted by Crippen LogP contribution is 2.30. The molecule has 1 N–H and O–H groups in total. The number of aromatic hydroxyl groups is 1. The van der Waals surface area contributed by atoms with Crippen molar-refractivity contribution < 1.29 is 19.1 Å². The van der Waals surface area contributed by atoms with Gasteiger partial charge in [-0.15, -0.1) is 0 Å². The molecule has 0 radical (unpaired) electrons. The van der Waals surface area contributed by atoms with Crippen molar-refractivity contribution in [1.82, 2.24) is 0 Å². The van der Waals surface area contributed by atoms with Crippen LogP contribution in [0.15, 0.2) is 39.2 Å². The highest BCUT2D eigenvalue weighted by atomic mass is 79.9. The third kappa shape index (κ3) is 3.83. The average molecular weight is 351 g/mol. The number of aryl methyl sites for hydroxylation is 1. The number of halogens is 1. The Morgan fingerprint density at radius 1 is 1.43 bits per heavy atom. The standard InChI is InChI=1S/C16H15BrO4/c1-10-3-4-12(21-10)5-6-14(18)13-7-11(9-20-2)8-15(19)16(13)17/h3-8,19H,9H2,1-2H3/b6-5+. The van der Waals surface area contributed by atoms with E-state index in [4.69, 9.17) is 9.15 Å². The second-order valence-electron chi connectivity index (χ2n) is 4.56. The quantitative estimate of drug-likeness (QED) is 0.651. The van der Waals surface area contributed by atoms with Gasteiger partial charge in [0.1, 0.15) is 17.3 Å². The van der Waals surface area contributed by atoms with E-state index in [9.17, 15) is 9.90 Å². The molecule has 1 aromatic heterocycles. The molecule has 0 saturated carbocycles. The highest BCUT2D eigenvalue weighted by Gasteiger charge is 2.13. The lowest BCUT2D eigenvalue weighted by molar-refractivity contribution is 0.104. The lowest BCUT2D eigenvalue weighted by atomic mass is 10.1. The van der Waals surface area contributed by atoms with Gasteiger partial charge in [0.25, 0.3) is 0 Å². The van der Waals surface area contributed by atoms with Crippen molar-refractivity contribution >= 4 is 27.8 Å². The number of hydrogen-bond acceptors (Lipinski definition) is 4. The van der Waals surface area contributed by atoms with E-state index in [0.717, 1.165) is 11.3 Å². The molecule has 0 bridgehead atoms. The minimum Gasteiger partial charge on any atom is -0.507 e. The predicted molar refractivity (Wildman–Crippen MR) is 83.3 cm³/mol. The fraction of sp³-hybridized carbons (Fsp3) is 0.188. The number of rotatable bonds is 5. The number of ketones is 1. The van der Waals surface area contributed by atoms with Crippen molar-refractivity contribution in [2.24, 2.45) is 0 Å². The van der Waals surface area contributed by atoms with Crippen LogP contribution in [0.1, 0.15) is 27.4 Å². The molecule has 0 spiro atoms. The molecule has 110 valence electrons. The van der Waals surface area contributed by atoms with Crippen LogP contribution in [0.2, 0.25) is 0 Å². The molecule has 0 atom stereocenters. The Morgan fingerprint density at radius 3 is 2.81 bits per heavy atom. The number of allylic oxidation sites excluding steroid dienone is 1. The van der Waals surface area contributed by atoms with Crippen LogP contribution in [0, 0.1) is 6.92 Å². The zero-order valence-corrected chi connectivity index (χ0v) is 13.3. The molecular weight excluding hydrogens is 336 g/mol. The van der Waals surface area contributed by atoms with Crippen LogP contribution in [0.3, 0.4) is 0 Å². The molecule has 0 aliphatic rings. The summed E-state index contributed by atoms with van der Waals surface area (Å²) in [7, 11) is 1.56. The fourth-order valence-corrected chi connectivity index (χ4v) is 2.31. The molecule has 1 heterocycles. The van der Waals surface area contributed by atoms with Gasteiger partial charge in [0.2, 0.25) is 0 Å². The molecule has 2 aromatic rings. The minimum atomic E-state index is -0.232. The summed E-state index contributed by atoms with van der Waals surface area (Å²) >= 11 is 3.23. The van der Waals surface area contributed by atoms with Gasteiger partial charge in [-0.1, -0.05) is 0 Å². The van der Waals surface area contributed by atoms with Gasteiger partial charge < -0.3 is 14.3 Å². The first-order chi connectivity index (χ1) is 10.0. The fourth-order valence-electron chi connectivity index (χ4n) is 1.89. The maximum Gasteiger partial charge on any atom is 0.187 e. The summed E-state index contributed by atoms with van der Waals surface area (Å²) in [6.07, 6.45) is 3.01. The minimum absolute atomic E-state index is 0.00939. The number of phenols is 1. The Hall–Kier alpha value is -1.85. The Balaban J connectivity index is 2.27. The van der Waals surface area contributed by atoms with Gasteiger partial charge in [-0.3, -0.25) is 4.79 Å². The summed E-state index contributed by atoms with van der Waals surface area (Å²) in [5, 5.41) is 9.85. The van der Waals surface area contributed by atoms with Gasteiger partial charge in [-0.2, -0.15) is 0 Å². The number of hydrogen-bond donors (Lipinski definition) is 1. The van der Waals surface area contributed by atoms with Gasteiger partial charge in [-0.05, 0) is 64.8 Å². The van der Waals surface area contributed by atoms with E-state index in [1.807, 2.05) is 13.0 Å². The summed E-state index contributed by atoms with van der Waals surface area (Å²) in [5.74, 6) is 1.16. The maximum absolute atomic E-state index is 12.2. The predicted octanol–water partition coefficient (Wildman–Crippen LogP) is 4.10. The smallest absolute Gasteiger partial charge is 0.187 e. The largest absolute Gasteiger partial charge is 0.507 e. The van der Waals surface area contributed by atoms with E-state index in [2.05, 4.69) is 15.9 Å². The van der Waals surface area contributed by atoms with Crippen molar-refractivity contribution in [3.05, 3.63) is 57.5 Å². The third-order valence-electron chi connectivity index (χ3n) is 2.85. The summed E-state index contributed by atoms with van der Waals surface area (Å²) in [5.41, 5.74) is 1.10. The zero-order chi connectivity index (χ0) is 15.4. The average Bonchev–Trinajstić information content (AvgIpc) is 2.86. The molecule has 0 saturated heterocycles. The van der Waals surface area contributed by atoms with E-state index in [0.29, 0.717) is 22.4 Å². The van der Waals surface area contributed by atoms with E-state index in [1.54, 1.807) is 31.4 Å². The third-order valence-corrected chi connectivity index (χ3v) is 3.68. The molecule has 0 unspecified atom stereocenters. The number of carbonyl (C=O) groups excluding carboxylic acids is 1. The number of carbonyl (C=O) groups is 1. The Kier molecular flexibility index (Phi) is 4.98. The summed E-state index contributed by atoms with van der Waals surface area (Å²) in [4.78, 5) is 12.2. The van der Waals surface area contributed by atoms with E-state index < -0.39 is 0 Å². The summed E-state index contributed by atoms with van der Waals surface area (Å²) in [6, 6.07) is 6.86. The number of furan rings is 1. The van der Waals surface area contributed by atoms with Crippen molar-refractivity contribution in [2.75, 3.05) is 7.11 Å². The van der Waals surface area contributed by atoms with Crippen LogP contribution in [0.25, 0.3) is 6.08 Å². The van der Waals surface area contributed by atoms with Crippen LogP contribution < -0.4 is 0 Å². The summed E-state index contributed by atoms with van der Waals surface area (Å²) < 4.78 is 10.8. The van der Waals surface area contributed by atoms with Gasteiger partial charge >= 0.3 is 0 Å². The number of methoxy groups -OCH3 is 1. The molecular formula is C16H15BrO4. The second-order valence-corrected chi connectivity index (χ2v) is 5.35. The van der Waals surface area contributed by atoms with Crippen molar-refractivity contribution in [2.45, 2.75) is 13.5 Å². The van der Waals surface area contributed by atoms with Gasteiger partial charge in [-0.25, -0.2) is 0 Å². The molecule has 4 nitrogen and oxygen atoms in total. The van der Waals surface area contributed by atoms with Gasteiger partial charge in [0, 0.05) is 12.7 Å². The first-order valence-corrected chi connectivity index (χ1v) is 7.09. The number of benzene rings is 1. The normalized spacial score (nSPS) is 11.2. The van der Waals surface area contributed by atoms with Crippen LogP contribution in [-0.4, -0.2) is 18.0 Å². The Bertz CT molecular complexity index is 686. The van der Waals surface area contributed by atoms with Crippen LogP contribution in [0.4, 0.5) is 0 Å². The lowest BCUT2D eigenvalue weighted by Gasteiger charge is -2.07. The Morgan fingerprint density at radius 2 is 2.19 bits per heavy atom. The molecule has 2 rings (SSSR count). The SMILES string of the molecule is COCc1cc(O)c(Br)c(C(=O)/C=C/c2ccc(C)o2)c1. The van der Waals surface area contributed by atoms with Crippen LogP contribution in [0.5, 0.6) is 5.75 Å². The highest BCUT2D eigenvalue weighted by molar-refractivity contribution is 9.10. The van der Waals surface area contributed by atoms with Crippen molar-refractivity contribution in [1.29, 1.82) is 0 Å². The zero-order valence-electron chi connectivity index (χ0n) is 11.7. The van der Waals surface area contributed by atoms with E-state index >= 15 is 0 Å². The Labute approximate surface area is 131 Å². The maximum atomic E-state index is 12.2. The molecule has 0 aliphatic carbocycles. The van der Waals surface area contributed by atoms with Crippen LogP contribution in [-0.2, 0) is 11.3 Å². The van der Waals surface area contributed by atoms with Crippen molar-refractivity contribution in [3.8, 4) is 5.75 Å². The van der Waals surface area contributed by atoms with Gasteiger partial charge in [0.15, 0.2) is 5.78 Å². The molecule has 21 heavy (non-hydrogen) atoms. The molecule has 0 amide bonds. The molecule has 0 aliphatic heterocycles. The molecule has 5 heteroatoms. The van der Waals surface area contributed by atoms with Crippen LogP contribution >= 0.6 is 15.9 Å². The van der Waals surface area contributed by atoms with Gasteiger partial charge in [0.05, 0.1) is 11.1 Å². The monoisotopic (exact) mass is 350 g/mol. The first kappa shape index (κ1) is 15.5. The molecule has 0 fully saturated rings. The number of ether oxygens (including phenoxy) is 1. The van der Waals surface area contributed by atoms with Crippen molar-refractivity contribution in [3.63, 3.8) is 0 Å². The lowest BCUT2D eigenvalue weighted by Crippen LogP contribution is -1.99.